The molecule has 0 aliphatic carbocycles. The van der Waals surface area contributed by atoms with Crippen LogP contribution in [0, 0.1) is 11.8 Å². The molecule has 0 amide bonds. The molecule has 1 rings (SSSR count). The molecule has 0 spiro atoms. The lowest BCUT2D eigenvalue weighted by atomic mass is 10.0. The number of rotatable bonds is 7. The lowest BCUT2D eigenvalue weighted by Crippen LogP contribution is -2.01. The van der Waals surface area contributed by atoms with Crippen molar-refractivity contribution in [3.05, 3.63) is 23.3 Å². The lowest BCUT2D eigenvalue weighted by molar-refractivity contribution is 0.152. The van der Waals surface area contributed by atoms with E-state index >= 15 is 0 Å². The summed E-state index contributed by atoms with van der Waals surface area (Å²) in [5.74, 6) is 7.21. The van der Waals surface area contributed by atoms with E-state index in [1.807, 2.05) is 19.1 Å². The Morgan fingerprint density at radius 1 is 1.05 bits per heavy atom. The van der Waals surface area contributed by atoms with Gasteiger partial charge in [-0.3, -0.25) is 0 Å². The van der Waals surface area contributed by atoms with Gasteiger partial charge in [-0.2, -0.15) is 0 Å². The fourth-order valence-electron chi connectivity index (χ4n) is 1.88. The summed E-state index contributed by atoms with van der Waals surface area (Å²) < 4.78 is 16.2. The van der Waals surface area contributed by atoms with Gasteiger partial charge >= 0.3 is 0 Å². The lowest BCUT2D eigenvalue weighted by Gasteiger charge is -2.14. The topological polar surface area (TPSA) is 27.7 Å². The first-order chi connectivity index (χ1) is 9.26. The predicted octanol–water partition coefficient (Wildman–Crippen LogP) is 3.20. The Morgan fingerprint density at radius 2 is 1.68 bits per heavy atom. The summed E-state index contributed by atoms with van der Waals surface area (Å²) in [5, 5.41) is 0. The first kappa shape index (κ1) is 15.4. The average molecular weight is 262 g/mol. The summed E-state index contributed by atoms with van der Waals surface area (Å²) in [6.07, 6.45) is 2.08. The van der Waals surface area contributed by atoms with Gasteiger partial charge < -0.3 is 14.2 Å². The summed E-state index contributed by atoms with van der Waals surface area (Å²) in [5.41, 5.74) is 2.38. The van der Waals surface area contributed by atoms with E-state index in [2.05, 4.69) is 18.8 Å². The molecule has 0 aliphatic rings. The van der Waals surface area contributed by atoms with Crippen molar-refractivity contribution >= 4 is 0 Å². The van der Waals surface area contributed by atoms with Gasteiger partial charge in [0.05, 0.1) is 20.8 Å². The van der Waals surface area contributed by atoms with Crippen LogP contribution in [-0.4, -0.2) is 20.8 Å². The maximum Gasteiger partial charge on any atom is 0.161 e. The summed E-state index contributed by atoms with van der Waals surface area (Å²) >= 11 is 0. The second-order valence-corrected chi connectivity index (χ2v) is 4.15. The maximum absolute atomic E-state index is 5.55. The molecule has 3 nitrogen and oxygen atoms in total. The highest BCUT2D eigenvalue weighted by atomic mass is 16.5. The first-order valence-corrected chi connectivity index (χ1v) is 6.47. The van der Waals surface area contributed by atoms with E-state index in [4.69, 9.17) is 14.2 Å². The second kappa shape index (κ2) is 8.44. The molecule has 0 N–H and O–H groups in total. The minimum atomic E-state index is 0.455. The molecule has 0 aliphatic heterocycles. The van der Waals surface area contributed by atoms with E-state index in [-0.39, 0.29) is 0 Å². The van der Waals surface area contributed by atoms with Crippen molar-refractivity contribution in [1.29, 1.82) is 0 Å². The molecule has 104 valence electrons. The zero-order chi connectivity index (χ0) is 14.1. The zero-order valence-corrected chi connectivity index (χ0v) is 12.2. The molecular weight excluding hydrogens is 240 g/mol. The Morgan fingerprint density at radius 3 is 2.21 bits per heavy atom. The van der Waals surface area contributed by atoms with Gasteiger partial charge in [0.15, 0.2) is 11.5 Å². The van der Waals surface area contributed by atoms with E-state index in [1.165, 1.54) is 5.56 Å². The molecular formula is C16H22O3. The molecule has 0 saturated carbocycles. The van der Waals surface area contributed by atoms with Crippen LogP contribution in [0.5, 0.6) is 11.5 Å². The van der Waals surface area contributed by atoms with E-state index in [0.717, 1.165) is 29.9 Å². The third-order valence-electron chi connectivity index (χ3n) is 2.83. The van der Waals surface area contributed by atoms with Gasteiger partial charge in [-0.25, -0.2) is 0 Å². The van der Waals surface area contributed by atoms with Gasteiger partial charge in [-0.15, -0.1) is 5.92 Å². The first-order valence-electron chi connectivity index (χ1n) is 6.47. The maximum atomic E-state index is 5.55. The van der Waals surface area contributed by atoms with Crippen LogP contribution >= 0.6 is 0 Å². The van der Waals surface area contributed by atoms with E-state index < -0.39 is 0 Å². The van der Waals surface area contributed by atoms with Crippen LogP contribution in [0.4, 0.5) is 0 Å². The van der Waals surface area contributed by atoms with Gasteiger partial charge in [0.25, 0.3) is 0 Å². The summed E-state index contributed by atoms with van der Waals surface area (Å²) in [7, 11) is 3.30. The van der Waals surface area contributed by atoms with Crippen LogP contribution in [0.3, 0.4) is 0 Å². The number of hydrogen-bond donors (Lipinski definition) is 0. The molecule has 0 heterocycles. The summed E-state index contributed by atoms with van der Waals surface area (Å²) in [6.45, 7) is 4.97. The third kappa shape index (κ3) is 4.50. The van der Waals surface area contributed by atoms with Crippen LogP contribution in [-0.2, 0) is 17.8 Å². The normalized spacial score (nSPS) is 9.68. The Kier molecular flexibility index (Phi) is 6.84. The molecule has 0 unspecified atom stereocenters. The Labute approximate surface area is 115 Å². The molecule has 3 heteroatoms. The van der Waals surface area contributed by atoms with Crippen molar-refractivity contribution < 1.29 is 14.2 Å². The largest absolute Gasteiger partial charge is 0.493 e. The molecule has 0 bridgehead atoms. The van der Waals surface area contributed by atoms with Crippen LogP contribution in [0.15, 0.2) is 12.1 Å². The number of aryl methyl sites for hydroxylation is 1. The van der Waals surface area contributed by atoms with Gasteiger partial charge in [-0.1, -0.05) is 19.3 Å². The highest BCUT2D eigenvalue weighted by Crippen LogP contribution is 2.31. The van der Waals surface area contributed by atoms with Gasteiger partial charge in [-0.05, 0) is 36.6 Å². The predicted molar refractivity (Wildman–Crippen MR) is 76.6 cm³/mol. The number of ether oxygens (including phenoxy) is 3. The standard InChI is InChI=1S/C16H22O3/c1-5-7-9-19-12-14-11-16(18-4)15(17-3)10-13(14)8-6-2/h10-11H,6,8-9,12H2,1-4H3. The van der Waals surface area contributed by atoms with Crippen molar-refractivity contribution in [3.63, 3.8) is 0 Å². The average Bonchev–Trinajstić information content (AvgIpc) is 2.44. The van der Waals surface area contributed by atoms with Crippen LogP contribution in [0.1, 0.15) is 31.4 Å². The highest BCUT2D eigenvalue weighted by molar-refractivity contribution is 5.47. The molecule has 0 saturated heterocycles. The van der Waals surface area contributed by atoms with Crippen LogP contribution in [0.25, 0.3) is 0 Å². The molecule has 0 fully saturated rings. The van der Waals surface area contributed by atoms with Crippen molar-refractivity contribution in [1.82, 2.24) is 0 Å². The van der Waals surface area contributed by atoms with Crippen LogP contribution < -0.4 is 9.47 Å². The smallest absolute Gasteiger partial charge is 0.161 e. The minimum Gasteiger partial charge on any atom is -0.493 e. The fourth-order valence-corrected chi connectivity index (χ4v) is 1.88. The zero-order valence-electron chi connectivity index (χ0n) is 12.2. The minimum absolute atomic E-state index is 0.455. The number of benzene rings is 1. The Bertz CT molecular complexity index is 455. The monoisotopic (exact) mass is 262 g/mol. The molecule has 0 radical (unpaired) electrons. The van der Waals surface area contributed by atoms with Gasteiger partial charge in [0.2, 0.25) is 0 Å². The molecule has 19 heavy (non-hydrogen) atoms. The van der Waals surface area contributed by atoms with Crippen molar-refractivity contribution in [3.8, 4) is 23.3 Å². The van der Waals surface area contributed by atoms with Gasteiger partial charge in [0, 0.05) is 0 Å². The Hall–Kier alpha value is -1.66. The molecule has 0 aromatic heterocycles. The van der Waals surface area contributed by atoms with Crippen molar-refractivity contribution in [2.24, 2.45) is 0 Å². The van der Waals surface area contributed by atoms with E-state index in [9.17, 15) is 0 Å². The molecule has 1 aromatic rings. The molecule has 0 atom stereocenters. The Balaban J connectivity index is 2.93. The fraction of sp³-hybridized carbons (Fsp3) is 0.500. The molecule has 1 aromatic carbocycles. The third-order valence-corrected chi connectivity index (χ3v) is 2.83. The van der Waals surface area contributed by atoms with Gasteiger partial charge in [0.1, 0.15) is 6.61 Å². The number of methoxy groups -OCH3 is 2. The van der Waals surface area contributed by atoms with Crippen molar-refractivity contribution in [2.75, 3.05) is 20.8 Å². The quantitative estimate of drug-likeness (QED) is 0.558. The van der Waals surface area contributed by atoms with E-state index in [1.54, 1.807) is 14.2 Å². The SMILES string of the molecule is CC#CCOCc1cc(OC)c(OC)cc1CCC. The van der Waals surface area contributed by atoms with Crippen LogP contribution in [0.2, 0.25) is 0 Å². The summed E-state index contributed by atoms with van der Waals surface area (Å²) in [4.78, 5) is 0. The van der Waals surface area contributed by atoms with E-state index in [0.29, 0.717) is 13.2 Å². The number of hydrogen-bond acceptors (Lipinski definition) is 3. The summed E-state index contributed by atoms with van der Waals surface area (Å²) in [6, 6.07) is 4.02. The second-order valence-electron chi connectivity index (χ2n) is 4.15. The highest BCUT2D eigenvalue weighted by Gasteiger charge is 2.10. The van der Waals surface area contributed by atoms with Crippen molar-refractivity contribution in [2.45, 2.75) is 33.3 Å².